The van der Waals surface area contributed by atoms with Gasteiger partial charge in [-0.1, -0.05) is 12.1 Å². The van der Waals surface area contributed by atoms with Crippen molar-refractivity contribution in [1.29, 1.82) is 0 Å². The summed E-state index contributed by atoms with van der Waals surface area (Å²) in [6.45, 7) is -1.67. The number of halogens is 5. The Hall–Kier alpha value is -2.39. The van der Waals surface area contributed by atoms with Crippen LogP contribution < -0.4 is 5.32 Å². The lowest BCUT2D eigenvalue weighted by molar-refractivity contribution is -0.162. The summed E-state index contributed by atoms with van der Waals surface area (Å²) in [5.41, 5.74) is -0.177. The first-order valence-electron chi connectivity index (χ1n) is 7.36. The molecule has 0 saturated carbocycles. The van der Waals surface area contributed by atoms with Crippen molar-refractivity contribution in [2.45, 2.75) is 31.5 Å². The normalized spacial score (nSPS) is 17.7. The van der Waals surface area contributed by atoms with Crippen LogP contribution in [-0.4, -0.2) is 42.3 Å². The molecule has 1 aliphatic rings. The Balaban J connectivity index is 2.00. The molecule has 1 N–H and O–H groups in total. The van der Waals surface area contributed by atoms with Crippen molar-refractivity contribution in [3.05, 3.63) is 29.8 Å². The van der Waals surface area contributed by atoms with Gasteiger partial charge in [-0.05, 0) is 25.0 Å². The molecule has 1 atom stereocenters. The van der Waals surface area contributed by atoms with Crippen molar-refractivity contribution in [2.24, 2.45) is 0 Å². The van der Waals surface area contributed by atoms with Crippen LogP contribution in [0.5, 0.6) is 0 Å². The van der Waals surface area contributed by atoms with Crippen LogP contribution >= 0.6 is 0 Å². The van der Waals surface area contributed by atoms with E-state index >= 15 is 0 Å². The number of anilines is 1. The number of hydrogen-bond acceptors (Lipinski definition) is 3. The van der Waals surface area contributed by atoms with Gasteiger partial charge in [-0.15, -0.1) is 0 Å². The van der Waals surface area contributed by atoms with Crippen LogP contribution in [0.2, 0.25) is 0 Å². The van der Waals surface area contributed by atoms with Crippen molar-refractivity contribution in [2.75, 3.05) is 18.5 Å². The van der Waals surface area contributed by atoms with E-state index in [1.165, 1.54) is 18.2 Å². The molecule has 1 aliphatic heterocycles. The van der Waals surface area contributed by atoms with Gasteiger partial charge >= 0.3 is 12.3 Å². The summed E-state index contributed by atoms with van der Waals surface area (Å²) >= 11 is 0. The van der Waals surface area contributed by atoms with E-state index in [0.717, 1.165) is 11.0 Å². The van der Waals surface area contributed by atoms with E-state index < -0.39 is 37.3 Å². The van der Waals surface area contributed by atoms with E-state index in [9.17, 15) is 31.5 Å². The fraction of sp³-hybridized carbons (Fsp3) is 0.467. The highest BCUT2D eigenvalue weighted by Crippen LogP contribution is 2.24. The molecule has 1 aromatic carbocycles. The molecule has 1 unspecified atom stereocenters. The molecule has 1 aromatic rings. The summed E-state index contributed by atoms with van der Waals surface area (Å²) in [6, 6.07) is 3.99. The molecular formula is C15H15F5N2O3. The number of nitrogens with zero attached hydrogens (tertiary/aromatic N) is 1. The molecule has 25 heavy (non-hydrogen) atoms. The Morgan fingerprint density at radius 2 is 2.04 bits per heavy atom. The van der Waals surface area contributed by atoms with Crippen molar-refractivity contribution in [3.63, 3.8) is 0 Å². The van der Waals surface area contributed by atoms with E-state index in [2.05, 4.69) is 10.1 Å². The maximum absolute atomic E-state index is 12.7. The minimum atomic E-state index is -4.66. The highest BCUT2D eigenvalue weighted by Gasteiger charge is 2.37. The lowest BCUT2D eigenvalue weighted by Gasteiger charge is -2.23. The second kappa shape index (κ2) is 7.66. The van der Waals surface area contributed by atoms with E-state index in [1.54, 1.807) is 0 Å². The number of benzene rings is 1. The van der Waals surface area contributed by atoms with Gasteiger partial charge in [-0.3, -0.25) is 9.69 Å². The zero-order valence-corrected chi connectivity index (χ0v) is 12.9. The Bertz CT molecular complexity index is 636. The fourth-order valence-corrected chi connectivity index (χ4v) is 2.46. The molecule has 5 nitrogen and oxygen atoms in total. The van der Waals surface area contributed by atoms with Gasteiger partial charge in [0, 0.05) is 17.8 Å². The predicted molar refractivity (Wildman–Crippen MR) is 77.2 cm³/mol. The smallest absolute Gasteiger partial charge is 0.422 e. The van der Waals surface area contributed by atoms with Crippen LogP contribution in [0.3, 0.4) is 0 Å². The number of nitrogens with one attached hydrogen (secondary N) is 1. The Labute approximate surface area is 139 Å². The molecule has 0 spiro atoms. The lowest BCUT2D eigenvalue weighted by atomic mass is 10.1. The number of carbonyl (C=O) groups is 2. The van der Waals surface area contributed by atoms with Crippen LogP contribution in [0.25, 0.3) is 0 Å². The van der Waals surface area contributed by atoms with Gasteiger partial charge < -0.3 is 10.1 Å². The number of likely N-dealkylation sites (tertiary alicyclic amines) is 1. The fourth-order valence-electron chi connectivity index (χ4n) is 2.46. The first-order chi connectivity index (χ1) is 11.7. The van der Waals surface area contributed by atoms with Crippen LogP contribution in [0.15, 0.2) is 24.3 Å². The van der Waals surface area contributed by atoms with Gasteiger partial charge in [0.15, 0.2) is 6.61 Å². The monoisotopic (exact) mass is 366 g/mol. The second-order valence-electron chi connectivity index (χ2n) is 5.44. The maximum Gasteiger partial charge on any atom is 0.422 e. The van der Waals surface area contributed by atoms with E-state index in [4.69, 9.17) is 0 Å². The summed E-state index contributed by atoms with van der Waals surface area (Å²) < 4.78 is 65.8. The standard InChI is InChI=1S/C15H15F5N2O3/c16-12(17)9-3-1-4-10(7-9)21-13(23)11-5-2-6-22(11)14(24)25-8-15(18,19)20/h1,3-4,7,11-12H,2,5-6,8H2,(H,21,23). The molecule has 1 heterocycles. The summed E-state index contributed by atoms with van der Waals surface area (Å²) in [4.78, 5) is 24.9. The summed E-state index contributed by atoms with van der Waals surface area (Å²) in [5, 5.41) is 2.39. The molecule has 10 heteroatoms. The number of alkyl halides is 5. The highest BCUT2D eigenvalue weighted by atomic mass is 19.4. The number of rotatable bonds is 4. The molecule has 1 fully saturated rings. The number of carbonyl (C=O) groups excluding carboxylic acids is 2. The maximum atomic E-state index is 12.7. The molecule has 0 aliphatic carbocycles. The molecule has 2 amide bonds. The van der Waals surface area contributed by atoms with E-state index in [0.29, 0.717) is 6.42 Å². The number of hydrogen-bond donors (Lipinski definition) is 1. The number of amides is 2. The Kier molecular flexibility index (Phi) is 5.81. The van der Waals surface area contributed by atoms with Crippen molar-refractivity contribution in [3.8, 4) is 0 Å². The molecule has 2 rings (SSSR count). The first-order valence-corrected chi connectivity index (χ1v) is 7.36. The average Bonchev–Trinajstić information content (AvgIpc) is 3.02. The SMILES string of the molecule is O=C(Nc1cccc(C(F)F)c1)C1CCCN1C(=O)OCC(F)(F)F. The van der Waals surface area contributed by atoms with Gasteiger partial charge in [0.2, 0.25) is 5.91 Å². The topological polar surface area (TPSA) is 58.6 Å². The molecule has 138 valence electrons. The summed E-state index contributed by atoms with van der Waals surface area (Å²) in [7, 11) is 0. The van der Waals surface area contributed by atoms with Gasteiger partial charge in [0.05, 0.1) is 0 Å². The van der Waals surface area contributed by atoms with Crippen LogP contribution in [0, 0.1) is 0 Å². The minimum absolute atomic E-state index is 0.0752. The van der Waals surface area contributed by atoms with Gasteiger partial charge in [0.1, 0.15) is 6.04 Å². The average molecular weight is 366 g/mol. The van der Waals surface area contributed by atoms with Crippen molar-refractivity contribution in [1.82, 2.24) is 4.90 Å². The second-order valence-corrected chi connectivity index (χ2v) is 5.44. The van der Waals surface area contributed by atoms with Gasteiger partial charge in [-0.2, -0.15) is 13.2 Å². The van der Waals surface area contributed by atoms with Crippen LogP contribution in [-0.2, 0) is 9.53 Å². The third-order valence-corrected chi connectivity index (χ3v) is 3.56. The van der Waals surface area contributed by atoms with Crippen LogP contribution in [0.4, 0.5) is 32.4 Å². The number of ether oxygens (including phenoxy) is 1. The lowest BCUT2D eigenvalue weighted by Crippen LogP contribution is -2.44. The molecule has 1 saturated heterocycles. The summed E-state index contributed by atoms with van der Waals surface area (Å²) in [6.07, 6.45) is -7.96. The molecular weight excluding hydrogens is 351 g/mol. The predicted octanol–water partition coefficient (Wildman–Crippen LogP) is 3.73. The third-order valence-electron chi connectivity index (χ3n) is 3.56. The Morgan fingerprint density at radius 3 is 2.68 bits per heavy atom. The Morgan fingerprint density at radius 1 is 1.32 bits per heavy atom. The van der Waals surface area contributed by atoms with Gasteiger partial charge in [0.25, 0.3) is 6.43 Å². The zero-order chi connectivity index (χ0) is 18.6. The van der Waals surface area contributed by atoms with E-state index in [1.807, 2.05) is 0 Å². The highest BCUT2D eigenvalue weighted by molar-refractivity contribution is 5.96. The van der Waals surface area contributed by atoms with Crippen molar-refractivity contribution < 1.29 is 36.3 Å². The molecule has 0 aromatic heterocycles. The summed E-state index contributed by atoms with van der Waals surface area (Å²) in [5.74, 6) is -0.673. The van der Waals surface area contributed by atoms with Crippen LogP contribution in [0.1, 0.15) is 24.8 Å². The quantitative estimate of drug-likeness (QED) is 0.827. The van der Waals surface area contributed by atoms with E-state index in [-0.39, 0.29) is 24.2 Å². The van der Waals surface area contributed by atoms with Crippen molar-refractivity contribution >= 4 is 17.7 Å². The van der Waals surface area contributed by atoms with Gasteiger partial charge in [-0.25, -0.2) is 13.6 Å². The third kappa shape index (κ3) is 5.30. The minimum Gasteiger partial charge on any atom is -0.440 e. The largest absolute Gasteiger partial charge is 0.440 e. The molecule has 0 bridgehead atoms. The molecule has 0 radical (unpaired) electrons. The first kappa shape index (κ1) is 18.9. The zero-order valence-electron chi connectivity index (χ0n) is 12.9.